The van der Waals surface area contributed by atoms with E-state index >= 15 is 0 Å². The molecule has 0 aliphatic heterocycles. The Morgan fingerprint density at radius 2 is 1.71 bits per heavy atom. The molecule has 28 heavy (non-hydrogen) atoms. The predicted molar refractivity (Wildman–Crippen MR) is 105 cm³/mol. The van der Waals surface area contributed by atoms with E-state index < -0.39 is 23.4 Å². The van der Waals surface area contributed by atoms with E-state index in [1.54, 1.807) is 0 Å². The van der Waals surface area contributed by atoms with Gasteiger partial charge in [0.1, 0.15) is 5.56 Å². The fraction of sp³-hybridized carbons (Fsp3) is 0.333. The molecule has 0 saturated heterocycles. The van der Waals surface area contributed by atoms with Gasteiger partial charge in [0, 0.05) is 6.07 Å². The molecule has 1 amide bonds. The smallest absolute Gasteiger partial charge is 0.345 e. The number of nitrogens with zero attached hydrogens (tertiary/aromatic N) is 1. The van der Waals surface area contributed by atoms with E-state index in [-0.39, 0.29) is 17.3 Å². The molecule has 1 N–H and O–H groups in total. The van der Waals surface area contributed by atoms with Gasteiger partial charge in [-0.3, -0.25) is 14.9 Å². The van der Waals surface area contributed by atoms with Crippen molar-refractivity contribution in [1.82, 2.24) is 5.32 Å². The molecule has 0 aliphatic carbocycles. The van der Waals surface area contributed by atoms with Gasteiger partial charge < -0.3 is 10.1 Å². The first kappa shape index (κ1) is 21.1. The van der Waals surface area contributed by atoms with Crippen molar-refractivity contribution in [2.24, 2.45) is 5.92 Å². The molecule has 0 aliphatic rings. The van der Waals surface area contributed by atoms with Crippen molar-refractivity contribution in [3.63, 3.8) is 0 Å². The third kappa shape index (κ3) is 5.90. The summed E-state index contributed by atoms with van der Waals surface area (Å²) in [5.41, 5.74) is 1.62. The second kappa shape index (κ2) is 9.64. The van der Waals surface area contributed by atoms with E-state index in [1.807, 2.05) is 31.2 Å². The SMILES string of the molecule is CC(C)Cc1ccc([C@@H](C)NC(=O)COC(=O)c2ccccc2[N+](=O)[O-])cc1. The molecule has 7 nitrogen and oxygen atoms in total. The van der Waals surface area contributed by atoms with Crippen molar-refractivity contribution in [3.05, 3.63) is 75.3 Å². The van der Waals surface area contributed by atoms with Crippen LogP contribution in [0.1, 0.15) is 48.3 Å². The second-order valence-electron chi connectivity index (χ2n) is 6.98. The fourth-order valence-electron chi connectivity index (χ4n) is 2.79. The molecule has 0 unspecified atom stereocenters. The van der Waals surface area contributed by atoms with Gasteiger partial charge in [-0.2, -0.15) is 0 Å². The lowest BCUT2D eigenvalue weighted by Gasteiger charge is -2.15. The van der Waals surface area contributed by atoms with Crippen molar-refractivity contribution in [1.29, 1.82) is 0 Å². The molecule has 0 fully saturated rings. The molecule has 0 bridgehead atoms. The molecule has 148 valence electrons. The highest BCUT2D eigenvalue weighted by Crippen LogP contribution is 2.19. The minimum Gasteiger partial charge on any atom is -0.452 e. The predicted octanol–water partition coefficient (Wildman–Crippen LogP) is 3.83. The molecule has 7 heteroatoms. The number of nitro groups is 1. The number of hydrogen-bond donors (Lipinski definition) is 1. The zero-order valence-electron chi connectivity index (χ0n) is 16.2. The number of carbonyl (C=O) groups is 2. The van der Waals surface area contributed by atoms with Gasteiger partial charge in [0.05, 0.1) is 11.0 Å². The monoisotopic (exact) mass is 384 g/mol. The van der Waals surface area contributed by atoms with Crippen molar-refractivity contribution >= 4 is 17.6 Å². The minimum absolute atomic E-state index is 0.186. The normalized spacial score (nSPS) is 11.7. The van der Waals surface area contributed by atoms with E-state index in [4.69, 9.17) is 4.74 Å². The third-order valence-corrected chi connectivity index (χ3v) is 4.16. The van der Waals surface area contributed by atoms with Gasteiger partial charge >= 0.3 is 5.97 Å². The Bertz CT molecular complexity index is 846. The van der Waals surface area contributed by atoms with Gasteiger partial charge in [0.15, 0.2) is 6.61 Å². The van der Waals surface area contributed by atoms with Gasteiger partial charge in [-0.25, -0.2) is 4.79 Å². The highest BCUT2D eigenvalue weighted by atomic mass is 16.6. The molecule has 0 aromatic heterocycles. The number of nitro benzene ring substituents is 1. The van der Waals surface area contributed by atoms with E-state index in [0.29, 0.717) is 5.92 Å². The van der Waals surface area contributed by atoms with Gasteiger partial charge in [-0.1, -0.05) is 50.2 Å². The van der Waals surface area contributed by atoms with Gasteiger partial charge in [0.25, 0.3) is 11.6 Å². The summed E-state index contributed by atoms with van der Waals surface area (Å²) in [6, 6.07) is 13.2. The van der Waals surface area contributed by atoms with Crippen LogP contribution in [0.2, 0.25) is 0 Å². The summed E-state index contributed by atoms with van der Waals surface area (Å²) >= 11 is 0. The van der Waals surface area contributed by atoms with Crippen LogP contribution in [0.5, 0.6) is 0 Å². The van der Waals surface area contributed by atoms with Crippen LogP contribution in [0.3, 0.4) is 0 Å². The topological polar surface area (TPSA) is 98.5 Å². The highest BCUT2D eigenvalue weighted by Gasteiger charge is 2.21. The summed E-state index contributed by atoms with van der Waals surface area (Å²) in [7, 11) is 0. The maximum Gasteiger partial charge on any atom is 0.345 e. The maximum atomic E-state index is 12.1. The van der Waals surface area contributed by atoms with E-state index in [1.165, 1.54) is 29.8 Å². The van der Waals surface area contributed by atoms with E-state index in [2.05, 4.69) is 19.2 Å². The number of amides is 1. The van der Waals surface area contributed by atoms with Crippen molar-refractivity contribution < 1.29 is 19.2 Å². The number of benzene rings is 2. The lowest BCUT2D eigenvalue weighted by Crippen LogP contribution is -2.31. The Labute approximate surface area is 163 Å². The molecule has 1 atom stereocenters. The molecule has 0 radical (unpaired) electrons. The van der Waals surface area contributed by atoms with Crippen LogP contribution in [0.4, 0.5) is 5.69 Å². The lowest BCUT2D eigenvalue weighted by atomic mass is 10.00. The van der Waals surface area contributed by atoms with Gasteiger partial charge in [0.2, 0.25) is 0 Å². The molecule has 2 aromatic carbocycles. The van der Waals surface area contributed by atoms with Crippen LogP contribution in [0, 0.1) is 16.0 Å². The standard InChI is InChI=1S/C21H24N2O5/c1-14(2)12-16-8-10-17(11-9-16)15(3)22-20(24)13-28-21(25)18-6-4-5-7-19(18)23(26)27/h4-11,14-15H,12-13H2,1-3H3,(H,22,24)/t15-/m1/s1. The van der Waals surface area contributed by atoms with Crippen molar-refractivity contribution in [2.75, 3.05) is 6.61 Å². The molecule has 2 aromatic rings. The molecule has 0 heterocycles. The molecular formula is C21H24N2O5. The summed E-state index contributed by atoms with van der Waals surface area (Å²) in [6.45, 7) is 5.63. The first-order chi connectivity index (χ1) is 13.3. The van der Waals surface area contributed by atoms with Crippen molar-refractivity contribution in [3.8, 4) is 0 Å². The number of ether oxygens (including phenoxy) is 1. The third-order valence-electron chi connectivity index (χ3n) is 4.16. The molecule has 0 spiro atoms. The number of hydrogen-bond acceptors (Lipinski definition) is 5. The zero-order chi connectivity index (χ0) is 20.7. The van der Waals surface area contributed by atoms with Gasteiger partial charge in [-0.05, 0) is 36.5 Å². The molecular weight excluding hydrogens is 360 g/mol. The number of nitrogens with one attached hydrogen (secondary N) is 1. The second-order valence-corrected chi connectivity index (χ2v) is 6.98. The molecule has 0 saturated carbocycles. The van der Waals surface area contributed by atoms with Crippen LogP contribution in [-0.4, -0.2) is 23.4 Å². The minimum atomic E-state index is -0.909. The zero-order valence-corrected chi connectivity index (χ0v) is 16.2. The number of esters is 1. The Morgan fingerprint density at radius 3 is 2.32 bits per heavy atom. The van der Waals surface area contributed by atoms with Crippen molar-refractivity contribution in [2.45, 2.75) is 33.2 Å². The fourth-order valence-corrected chi connectivity index (χ4v) is 2.79. The number of carbonyl (C=O) groups excluding carboxylic acids is 2. The first-order valence-electron chi connectivity index (χ1n) is 9.06. The van der Waals surface area contributed by atoms with Crippen LogP contribution < -0.4 is 5.32 Å². The number of para-hydroxylation sites is 1. The van der Waals surface area contributed by atoms with E-state index in [9.17, 15) is 19.7 Å². The first-order valence-corrected chi connectivity index (χ1v) is 9.06. The highest BCUT2D eigenvalue weighted by molar-refractivity contribution is 5.95. The Hall–Kier alpha value is -3.22. The average molecular weight is 384 g/mol. The van der Waals surface area contributed by atoms with Crippen LogP contribution in [-0.2, 0) is 16.0 Å². The van der Waals surface area contributed by atoms with Crippen LogP contribution in [0.15, 0.2) is 48.5 Å². The largest absolute Gasteiger partial charge is 0.452 e. The quantitative estimate of drug-likeness (QED) is 0.424. The van der Waals surface area contributed by atoms with Crippen LogP contribution in [0.25, 0.3) is 0 Å². The lowest BCUT2D eigenvalue weighted by molar-refractivity contribution is -0.385. The Morgan fingerprint density at radius 1 is 1.07 bits per heavy atom. The Kier molecular flexibility index (Phi) is 7.26. The van der Waals surface area contributed by atoms with Gasteiger partial charge in [-0.15, -0.1) is 0 Å². The summed E-state index contributed by atoms with van der Waals surface area (Å²) in [5, 5.41) is 13.7. The van der Waals surface area contributed by atoms with Crippen LogP contribution >= 0.6 is 0 Å². The summed E-state index contributed by atoms with van der Waals surface area (Å²) < 4.78 is 4.92. The summed E-state index contributed by atoms with van der Waals surface area (Å²) in [5.74, 6) is -0.822. The summed E-state index contributed by atoms with van der Waals surface area (Å²) in [6.07, 6.45) is 0.989. The van der Waals surface area contributed by atoms with E-state index in [0.717, 1.165) is 12.0 Å². The summed E-state index contributed by atoms with van der Waals surface area (Å²) in [4.78, 5) is 34.4. The number of rotatable bonds is 8. The molecule has 2 rings (SSSR count). The maximum absolute atomic E-state index is 12.1. The Balaban J connectivity index is 1.90. The average Bonchev–Trinajstić information content (AvgIpc) is 2.66.